The summed E-state index contributed by atoms with van der Waals surface area (Å²) < 4.78 is 0. The fraction of sp³-hybridized carbons (Fsp3) is 0.562. The number of halogens is 1. The van der Waals surface area contributed by atoms with Crippen LogP contribution in [-0.2, 0) is 17.8 Å². The fourth-order valence-electron chi connectivity index (χ4n) is 1.42. The van der Waals surface area contributed by atoms with E-state index in [0.29, 0.717) is 11.6 Å². The molecule has 114 valence electrons. The lowest BCUT2D eigenvalue weighted by molar-refractivity contribution is -0.125. The zero-order chi connectivity index (χ0) is 15.5. The van der Waals surface area contributed by atoms with E-state index in [2.05, 4.69) is 26.1 Å². The fourth-order valence-corrected chi connectivity index (χ4v) is 1.61. The molecular formula is C16H26ClNO2. The van der Waals surface area contributed by atoms with Crippen molar-refractivity contribution in [1.82, 2.24) is 5.32 Å². The molecule has 1 aromatic rings. The van der Waals surface area contributed by atoms with E-state index >= 15 is 0 Å². The van der Waals surface area contributed by atoms with E-state index < -0.39 is 0 Å². The largest absolute Gasteiger partial charge is 0.396 e. The van der Waals surface area contributed by atoms with Gasteiger partial charge in [0.1, 0.15) is 0 Å². The predicted molar refractivity (Wildman–Crippen MR) is 84.9 cm³/mol. The summed E-state index contributed by atoms with van der Waals surface area (Å²) in [5.74, 6) is -0.548. The van der Waals surface area contributed by atoms with Gasteiger partial charge < -0.3 is 10.4 Å². The highest BCUT2D eigenvalue weighted by atomic mass is 35.5. The third-order valence-corrected chi connectivity index (χ3v) is 3.06. The van der Waals surface area contributed by atoms with Crippen LogP contribution in [0.3, 0.4) is 0 Å². The van der Waals surface area contributed by atoms with Crippen LogP contribution in [0.2, 0.25) is 5.02 Å². The molecule has 3 nitrogen and oxygen atoms in total. The van der Waals surface area contributed by atoms with Crippen molar-refractivity contribution in [2.75, 3.05) is 6.61 Å². The Hall–Kier alpha value is -1.06. The van der Waals surface area contributed by atoms with Crippen molar-refractivity contribution in [3.63, 3.8) is 0 Å². The SMILES string of the molecule is CCC.CCc1ccc(Cl)c(CNC(=O)C(C)CO)c1. The van der Waals surface area contributed by atoms with Gasteiger partial charge in [0, 0.05) is 11.6 Å². The first kappa shape index (κ1) is 18.9. The Balaban J connectivity index is 0.00000110. The topological polar surface area (TPSA) is 49.3 Å². The summed E-state index contributed by atoms with van der Waals surface area (Å²) in [7, 11) is 0. The number of carbonyl (C=O) groups is 1. The smallest absolute Gasteiger partial charge is 0.225 e. The highest BCUT2D eigenvalue weighted by Crippen LogP contribution is 2.18. The Labute approximate surface area is 127 Å². The highest BCUT2D eigenvalue weighted by molar-refractivity contribution is 6.31. The minimum absolute atomic E-state index is 0.144. The molecule has 4 heteroatoms. The minimum Gasteiger partial charge on any atom is -0.396 e. The van der Waals surface area contributed by atoms with Crippen molar-refractivity contribution in [2.45, 2.75) is 47.1 Å². The van der Waals surface area contributed by atoms with Gasteiger partial charge in [-0.05, 0) is 23.6 Å². The van der Waals surface area contributed by atoms with E-state index in [0.717, 1.165) is 12.0 Å². The molecule has 1 unspecified atom stereocenters. The summed E-state index contributed by atoms with van der Waals surface area (Å²) in [6.45, 7) is 8.25. The van der Waals surface area contributed by atoms with Crippen molar-refractivity contribution in [2.24, 2.45) is 5.92 Å². The lowest BCUT2D eigenvalue weighted by atomic mass is 10.1. The molecule has 1 rings (SSSR count). The Morgan fingerprint density at radius 1 is 1.35 bits per heavy atom. The van der Waals surface area contributed by atoms with Gasteiger partial charge in [0.25, 0.3) is 0 Å². The lowest BCUT2D eigenvalue weighted by Gasteiger charge is -2.11. The van der Waals surface area contributed by atoms with Crippen LogP contribution in [0.4, 0.5) is 0 Å². The summed E-state index contributed by atoms with van der Waals surface area (Å²) >= 11 is 6.05. The molecule has 0 aliphatic carbocycles. The average Bonchev–Trinajstić information content (AvgIpc) is 2.46. The first-order valence-electron chi connectivity index (χ1n) is 7.15. The van der Waals surface area contributed by atoms with Crippen LogP contribution >= 0.6 is 11.6 Å². The van der Waals surface area contributed by atoms with Gasteiger partial charge in [0.15, 0.2) is 0 Å². The second-order valence-corrected chi connectivity index (χ2v) is 5.20. The quantitative estimate of drug-likeness (QED) is 0.873. The van der Waals surface area contributed by atoms with E-state index in [4.69, 9.17) is 16.7 Å². The summed E-state index contributed by atoms with van der Waals surface area (Å²) in [4.78, 5) is 11.5. The molecule has 0 fully saturated rings. The Morgan fingerprint density at radius 2 is 1.95 bits per heavy atom. The van der Waals surface area contributed by atoms with Crippen molar-refractivity contribution < 1.29 is 9.90 Å². The monoisotopic (exact) mass is 299 g/mol. The standard InChI is InChI=1S/C13H18ClNO2.C3H8/c1-3-10-4-5-12(14)11(6-10)7-15-13(17)9(2)8-16;1-3-2/h4-6,9,16H,3,7-8H2,1-2H3,(H,15,17);3H2,1-2H3. The molecule has 0 heterocycles. The van der Waals surface area contributed by atoms with Gasteiger partial charge in [-0.2, -0.15) is 0 Å². The molecule has 0 spiro atoms. The summed E-state index contributed by atoms with van der Waals surface area (Å²) in [5.41, 5.74) is 2.10. The number of hydrogen-bond acceptors (Lipinski definition) is 2. The Bertz CT molecular complexity index is 407. The highest BCUT2D eigenvalue weighted by Gasteiger charge is 2.11. The van der Waals surface area contributed by atoms with E-state index in [1.54, 1.807) is 6.92 Å². The number of carbonyl (C=O) groups excluding carboxylic acids is 1. The van der Waals surface area contributed by atoms with Gasteiger partial charge in [0.05, 0.1) is 12.5 Å². The number of benzene rings is 1. The van der Waals surface area contributed by atoms with Gasteiger partial charge in [-0.25, -0.2) is 0 Å². The van der Waals surface area contributed by atoms with E-state index in [9.17, 15) is 4.79 Å². The molecule has 0 aliphatic rings. The maximum absolute atomic E-state index is 11.5. The van der Waals surface area contributed by atoms with Crippen LogP contribution in [0.25, 0.3) is 0 Å². The number of aryl methyl sites for hydroxylation is 1. The number of rotatable bonds is 5. The Kier molecular flexibility index (Phi) is 10.1. The van der Waals surface area contributed by atoms with Crippen LogP contribution in [-0.4, -0.2) is 17.6 Å². The van der Waals surface area contributed by atoms with Gasteiger partial charge in [-0.3, -0.25) is 4.79 Å². The van der Waals surface area contributed by atoms with Gasteiger partial charge >= 0.3 is 0 Å². The van der Waals surface area contributed by atoms with Crippen LogP contribution in [0.5, 0.6) is 0 Å². The van der Waals surface area contributed by atoms with E-state index in [1.807, 2.05) is 18.2 Å². The van der Waals surface area contributed by atoms with Crippen molar-refractivity contribution >= 4 is 17.5 Å². The first-order chi connectivity index (χ1) is 9.49. The molecule has 0 radical (unpaired) electrons. The number of hydrogen-bond donors (Lipinski definition) is 2. The normalized spacial score (nSPS) is 11.3. The zero-order valence-electron chi connectivity index (χ0n) is 12.9. The molecule has 0 saturated carbocycles. The molecule has 0 aliphatic heterocycles. The molecule has 1 aromatic carbocycles. The van der Waals surface area contributed by atoms with Gasteiger partial charge in [-0.1, -0.05) is 57.8 Å². The molecule has 2 N–H and O–H groups in total. The van der Waals surface area contributed by atoms with Crippen LogP contribution in [0.1, 0.15) is 45.2 Å². The van der Waals surface area contributed by atoms with Crippen LogP contribution in [0, 0.1) is 5.92 Å². The zero-order valence-corrected chi connectivity index (χ0v) is 13.6. The summed E-state index contributed by atoms with van der Waals surface area (Å²) in [6.07, 6.45) is 2.19. The van der Waals surface area contributed by atoms with Gasteiger partial charge in [0.2, 0.25) is 5.91 Å². The van der Waals surface area contributed by atoms with Crippen LogP contribution in [0.15, 0.2) is 18.2 Å². The number of amides is 1. The number of aliphatic hydroxyl groups excluding tert-OH is 1. The third-order valence-electron chi connectivity index (χ3n) is 2.69. The van der Waals surface area contributed by atoms with Gasteiger partial charge in [-0.15, -0.1) is 0 Å². The molecule has 0 aromatic heterocycles. The predicted octanol–water partition coefficient (Wildman–Crippen LogP) is 3.56. The maximum atomic E-state index is 11.5. The molecule has 0 saturated heterocycles. The second-order valence-electron chi connectivity index (χ2n) is 4.79. The summed E-state index contributed by atoms with van der Waals surface area (Å²) in [5, 5.41) is 12.3. The molecule has 20 heavy (non-hydrogen) atoms. The number of nitrogens with one attached hydrogen (secondary N) is 1. The lowest BCUT2D eigenvalue weighted by Crippen LogP contribution is -2.30. The minimum atomic E-state index is -0.386. The Morgan fingerprint density at radius 3 is 2.45 bits per heavy atom. The number of aliphatic hydroxyl groups is 1. The van der Waals surface area contributed by atoms with E-state index in [-0.39, 0.29) is 18.4 Å². The average molecular weight is 300 g/mol. The second kappa shape index (κ2) is 10.7. The van der Waals surface area contributed by atoms with Crippen molar-refractivity contribution in [3.8, 4) is 0 Å². The molecule has 1 amide bonds. The van der Waals surface area contributed by atoms with E-state index in [1.165, 1.54) is 12.0 Å². The van der Waals surface area contributed by atoms with Crippen molar-refractivity contribution in [3.05, 3.63) is 34.3 Å². The van der Waals surface area contributed by atoms with Crippen molar-refractivity contribution in [1.29, 1.82) is 0 Å². The third kappa shape index (κ3) is 6.92. The molecule has 1 atom stereocenters. The van der Waals surface area contributed by atoms with Crippen LogP contribution < -0.4 is 5.32 Å². The first-order valence-corrected chi connectivity index (χ1v) is 7.53. The molecule has 0 bridgehead atoms. The maximum Gasteiger partial charge on any atom is 0.225 e. The summed E-state index contributed by atoms with van der Waals surface area (Å²) in [6, 6.07) is 5.81. The molecular weight excluding hydrogens is 274 g/mol.